The third-order valence-electron chi connectivity index (χ3n) is 2.57. The lowest BCUT2D eigenvalue weighted by molar-refractivity contribution is -0.138. The molecule has 0 aliphatic rings. The SMILES string of the molecule is CCOC(=O)/C(C)=C(/C)Nc1ccccc1OC. The van der Waals surface area contributed by atoms with E-state index >= 15 is 0 Å². The summed E-state index contributed by atoms with van der Waals surface area (Å²) in [5, 5.41) is 3.15. The van der Waals surface area contributed by atoms with Gasteiger partial charge < -0.3 is 14.8 Å². The number of methoxy groups -OCH3 is 1. The van der Waals surface area contributed by atoms with Gasteiger partial charge in [-0.25, -0.2) is 4.79 Å². The molecule has 0 aliphatic carbocycles. The van der Waals surface area contributed by atoms with E-state index in [9.17, 15) is 4.79 Å². The largest absolute Gasteiger partial charge is 0.495 e. The van der Waals surface area contributed by atoms with E-state index < -0.39 is 0 Å². The number of ether oxygens (including phenoxy) is 2. The van der Waals surface area contributed by atoms with Crippen LogP contribution in [0.3, 0.4) is 0 Å². The molecule has 1 rings (SSSR count). The summed E-state index contributed by atoms with van der Waals surface area (Å²) in [6.07, 6.45) is 0. The second-order valence-electron chi connectivity index (χ2n) is 3.80. The molecule has 0 fully saturated rings. The molecule has 0 unspecified atom stereocenters. The number of hydrogen-bond acceptors (Lipinski definition) is 4. The number of rotatable bonds is 5. The molecule has 0 aromatic heterocycles. The van der Waals surface area contributed by atoms with E-state index in [0.717, 1.165) is 17.1 Å². The van der Waals surface area contributed by atoms with Crippen LogP contribution < -0.4 is 10.1 Å². The van der Waals surface area contributed by atoms with Crippen molar-refractivity contribution >= 4 is 11.7 Å². The van der Waals surface area contributed by atoms with Gasteiger partial charge >= 0.3 is 5.97 Å². The lowest BCUT2D eigenvalue weighted by Crippen LogP contribution is -2.10. The van der Waals surface area contributed by atoms with E-state index in [0.29, 0.717) is 12.2 Å². The molecule has 0 saturated carbocycles. The molecule has 0 heterocycles. The number of carbonyl (C=O) groups excluding carboxylic acids is 1. The molecule has 0 amide bonds. The summed E-state index contributed by atoms with van der Waals surface area (Å²) in [4.78, 5) is 11.6. The molecular weight excluding hydrogens is 230 g/mol. The highest BCUT2D eigenvalue weighted by Crippen LogP contribution is 2.25. The zero-order chi connectivity index (χ0) is 13.5. The Morgan fingerprint density at radius 2 is 1.94 bits per heavy atom. The minimum atomic E-state index is -0.308. The highest BCUT2D eigenvalue weighted by molar-refractivity contribution is 5.89. The average Bonchev–Trinajstić information content (AvgIpc) is 2.38. The monoisotopic (exact) mass is 249 g/mol. The Labute approximate surface area is 108 Å². The van der Waals surface area contributed by atoms with Crippen LogP contribution in [0.4, 0.5) is 5.69 Å². The smallest absolute Gasteiger partial charge is 0.335 e. The van der Waals surface area contributed by atoms with Gasteiger partial charge in [-0.1, -0.05) is 12.1 Å². The summed E-state index contributed by atoms with van der Waals surface area (Å²) in [7, 11) is 1.61. The zero-order valence-electron chi connectivity index (χ0n) is 11.2. The molecule has 0 bridgehead atoms. The molecule has 1 N–H and O–H groups in total. The summed E-state index contributed by atoms with van der Waals surface area (Å²) >= 11 is 0. The maximum Gasteiger partial charge on any atom is 0.335 e. The van der Waals surface area contributed by atoms with Crippen LogP contribution in [0, 0.1) is 0 Å². The Kier molecular flexibility index (Phi) is 5.24. The maximum atomic E-state index is 11.6. The average molecular weight is 249 g/mol. The maximum absolute atomic E-state index is 11.6. The van der Waals surface area contributed by atoms with Crippen LogP contribution in [0.5, 0.6) is 5.75 Å². The van der Waals surface area contributed by atoms with Crippen molar-refractivity contribution in [3.05, 3.63) is 35.5 Å². The van der Waals surface area contributed by atoms with Gasteiger partial charge in [-0.2, -0.15) is 0 Å². The van der Waals surface area contributed by atoms with E-state index in [1.807, 2.05) is 31.2 Å². The Balaban J connectivity index is 2.89. The molecule has 1 aromatic rings. The van der Waals surface area contributed by atoms with Crippen LogP contribution in [0.15, 0.2) is 35.5 Å². The number of allylic oxidation sites excluding steroid dienone is 1. The fourth-order valence-corrected chi connectivity index (χ4v) is 1.44. The lowest BCUT2D eigenvalue weighted by atomic mass is 10.2. The second-order valence-corrected chi connectivity index (χ2v) is 3.80. The van der Waals surface area contributed by atoms with Gasteiger partial charge in [-0.05, 0) is 32.9 Å². The number of hydrogen-bond donors (Lipinski definition) is 1. The van der Waals surface area contributed by atoms with Crippen molar-refractivity contribution < 1.29 is 14.3 Å². The van der Waals surface area contributed by atoms with Crippen LogP contribution in [0.2, 0.25) is 0 Å². The highest BCUT2D eigenvalue weighted by atomic mass is 16.5. The summed E-state index contributed by atoms with van der Waals surface area (Å²) in [5.74, 6) is 0.422. The van der Waals surface area contributed by atoms with Crippen LogP contribution in [-0.4, -0.2) is 19.7 Å². The molecule has 0 radical (unpaired) electrons. The molecule has 4 nitrogen and oxygen atoms in total. The number of esters is 1. The van der Waals surface area contributed by atoms with Gasteiger partial charge in [0.25, 0.3) is 0 Å². The van der Waals surface area contributed by atoms with Crippen LogP contribution in [-0.2, 0) is 9.53 Å². The predicted octanol–water partition coefficient (Wildman–Crippen LogP) is 2.96. The first-order valence-electron chi connectivity index (χ1n) is 5.84. The number of anilines is 1. The zero-order valence-corrected chi connectivity index (χ0v) is 11.2. The van der Waals surface area contributed by atoms with E-state index in [-0.39, 0.29) is 5.97 Å². The summed E-state index contributed by atoms with van der Waals surface area (Å²) in [5.41, 5.74) is 2.13. The summed E-state index contributed by atoms with van der Waals surface area (Å²) in [6.45, 7) is 5.72. The van der Waals surface area contributed by atoms with Crippen LogP contribution in [0.1, 0.15) is 20.8 Å². The Hall–Kier alpha value is -1.97. The van der Waals surface area contributed by atoms with E-state index in [1.165, 1.54) is 0 Å². The fraction of sp³-hybridized carbons (Fsp3) is 0.357. The Bertz CT molecular complexity index is 452. The van der Waals surface area contributed by atoms with Gasteiger partial charge in [0.2, 0.25) is 0 Å². The summed E-state index contributed by atoms with van der Waals surface area (Å²) in [6, 6.07) is 7.54. The number of para-hydroxylation sites is 2. The highest BCUT2D eigenvalue weighted by Gasteiger charge is 2.10. The number of nitrogens with one attached hydrogen (secondary N) is 1. The van der Waals surface area contributed by atoms with Crippen LogP contribution >= 0.6 is 0 Å². The minimum absolute atomic E-state index is 0.308. The van der Waals surface area contributed by atoms with Crippen molar-refractivity contribution in [2.75, 3.05) is 19.0 Å². The Morgan fingerprint density at radius 1 is 1.28 bits per heavy atom. The van der Waals surface area contributed by atoms with Crippen molar-refractivity contribution in [2.45, 2.75) is 20.8 Å². The predicted molar refractivity (Wildman–Crippen MR) is 71.6 cm³/mol. The Morgan fingerprint density at radius 3 is 2.56 bits per heavy atom. The topological polar surface area (TPSA) is 47.6 Å². The van der Waals surface area contributed by atoms with Gasteiger partial charge in [-0.15, -0.1) is 0 Å². The van der Waals surface area contributed by atoms with Crippen molar-refractivity contribution in [1.29, 1.82) is 0 Å². The first-order valence-corrected chi connectivity index (χ1v) is 5.84. The quantitative estimate of drug-likeness (QED) is 0.643. The van der Waals surface area contributed by atoms with E-state index in [1.54, 1.807) is 21.0 Å². The third-order valence-corrected chi connectivity index (χ3v) is 2.57. The molecule has 0 atom stereocenters. The van der Waals surface area contributed by atoms with E-state index in [2.05, 4.69) is 5.32 Å². The van der Waals surface area contributed by atoms with Gasteiger partial charge in [0.1, 0.15) is 5.75 Å². The van der Waals surface area contributed by atoms with Crippen molar-refractivity contribution in [2.24, 2.45) is 0 Å². The third kappa shape index (κ3) is 3.52. The van der Waals surface area contributed by atoms with Gasteiger partial charge in [0, 0.05) is 5.70 Å². The molecule has 18 heavy (non-hydrogen) atoms. The summed E-state index contributed by atoms with van der Waals surface area (Å²) < 4.78 is 10.2. The fourth-order valence-electron chi connectivity index (χ4n) is 1.44. The first kappa shape index (κ1) is 14.1. The van der Waals surface area contributed by atoms with Crippen molar-refractivity contribution in [3.63, 3.8) is 0 Å². The van der Waals surface area contributed by atoms with Crippen molar-refractivity contribution in [3.8, 4) is 5.75 Å². The first-order chi connectivity index (χ1) is 8.60. The van der Waals surface area contributed by atoms with Gasteiger partial charge in [0.05, 0.1) is 25.0 Å². The lowest BCUT2D eigenvalue weighted by Gasteiger charge is -2.13. The molecule has 0 spiro atoms. The van der Waals surface area contributed by atoms with Gasteiger partial charge in [-0.3, -0.25) is 0 Å². The van der Waals surface area contributed by atoms with Gasteiger partial charge in [0.15, 0.2) is 0 Å². The second kappa shape index (κ2) is 6.69. The molecular formula is C14H19NO3. The molecule has 98 valence electrons. The molecule has 1 aromatic carbocycles. The molecule has 0 saturated heterocycles. The normalized spacial score (nSPS) is 11.6. The van der Waals surface area contributed by atoms with Crippen molar-refractivity contribution in [1.82, 2.24) is 0 Å². The number of benzene rings is 1. The molecule has 4 heteroatoms. The van der Waals surface area contributed by atoms with E-state index in [4.69, 9.17) is 9.47 Å². The standard InChI is InChI=1S/C14H19NO3/c1-5-18-14(16)10(2)11(3)15-12-8-6-7-9-13(12)17-4/h6-9,15H,5H2,1-4H3/b11-10-. The molecule has 0 aliphatic heterocycles. The number of carbonyl (C=O) groups is 1. The van der Waals surface area contributed by atoms with Crippen LogP contribution in [0.25, 0.3) is 0 Å². The minimum Gasteiger partial charge on any atom is -0.495 e.